The van der Waals surface area contributed by atoms with E-state index < -0.39 is 0 Å². The maximum Gasteiger partial charge on any atom is 0.254 e. The lowest BCUT2D eigenvalue weighted by molar-refractivity contribution is 0.0734. The third-order valence-corrected chi connectivity index (χ3v) is 7.92. The summed E-state index contributed by atoms with van der Waals surface area (Å²) in [5.74, 6) is 0.892. The average Bonchev–Trinajstić information content (AvgIpc) is 3.36. The molecular weight excluding hydrogens is 476 g/mol. The van der Waals surface area contributed by atoms with Gasteiger partial charge < -0.3 is 14.7 Å². The topological polar surface area (TPSA) is 80.5 Å². The largest absolute Gasteiger partial charge is 0.494 e. The molecule has 0 radical (unpaired) electrons. The van der Waals surface area contributed by atoms with E-state index in [1.165, 1.54) is 11.1 Å². The predicted molar refractivity (Wildman–Crippen MR) is 146 cm³/mol. The lowest BCUT2D eigenvalue weighted by Gasteiger charge is -2.30. The van der Waals surface area contributed by atoms with Gasteiger partial charge >= 0.3 is 0 Å². The summed E-state index contributed by atoms with van der Waals surface area (Å²) < 4.78 is 7.92. The molecule has 9 bridgehead atoms. The van der Waals surface area contributed by atoms with Crippen molar-refractivity contribution >= 4 is 16.9 Å². The molecule has 0 fully saturated rings. The summed E-state index contributed by atoms with van der Waals surface area (Å²) in [6, 6.07) is 20.5. The number of benzene rings is 3. The Bertz CT molecular complexity index is 1430. The van der Waals surface area contributed by atoms with E-state index in [2.05, 4.69) is 46.7 Å². The number of aliphatic hydroxyl groups is 1. The van der Waals surface area contributed by atoms with Crippen molar-refractivity contribution in [3.05, 3.63) is 88.5 Å². The fourth-order valence-electron chi connectivity index (χ4n) is 5.78. The number of carbonyl (C=O) groups is 1. The van der Waals surface area contributed by atoms with Crippen molar-refractivity contribution in [1.29, 1.82) is 0 Å². The number of ether oxygens (including phenoxy) is 1. The molecule has 9 rings (SSSR count). The van der Waals surface area contributed by atoms with Crippen molar-refractivity contribution in [3.8, 4) is 5.75 Å². The van der Waals surface area contributed by atoms with Gasteiger partial charge in [-0.05, 0) is 90.8 Å². The molecule has 0 spiro atoms. The highest BCUT2D eigenvalue weighted by atomic mass is 16.5. The number of aromatic nitrogens is 3. The van der Waals surface area contributed by atoms with Crippen LogP contribution in [0.4, 0.5) is 0 Å². The van der Waals surface area contributed by atoms with Crippen molar-refractivity contribution in [2.24, 2.45) is 0 Å². The van der Waals surface area contributed by atoms with Crippen LogP contribution >= 0.6 is 0 Å². The van der Waals surface area contributed by atoms with Crippen LogP contribution in [0.5, 0.6) is 5.75 Å². The number of aryl methyl sites for hydroxylation is 1. The number of rotatable bonds is 2. The normalized spacial score (nSPS) is 18.4. The quantitative estimate of drug-likeness (QED) is 0.406. The zero-order chi connectivity index (χ0) is 25.9. The summed E-state index contributed by atoms with van der Waals surface area (Å²) in [6.45, 7) is 2.89. The Hall–Kier alpha value is -3.71. The Kier molecular flexibility index (Phi) is 7.10. The van der Waals surface area contributed by atoms with Crippen LogP contribution in [0.15, 0.2) is 60.7 Å². The van der Waals surface area contributed by atoms with E-state index in [1.807, 2.05) is 33.8 Å². The van der Waals surface area contributed by atoms with Gasteiger partial charge in [0.25, 0.3) is 5.91 Å². The minimum atomic E-state index is 0.0417. The number of nitrogens with zero attached hydrogens (tertiary/aromatic N) is 4. The Morgan fingerprint density at radius 3 is 2.58 bits per heavy atom. The second-order valence-corrected chi connectivity index (χ2v) is 10.4. The molecule has 6 heterocycles. The highest BCUT2D eigenvalue weighted by Crippen LogP contribution is 2.33. The first-order valence-electron chi connectivity index (χ1n) is 13.8. The first-order chi connectivity index (χ1) is 18.7. The predicted octanol–water partition coefficient (Wildman–Crippen LogP) is 5.10. The summed E-state index contributed by atoms with van der Waals surface area (Å²) >= 11 is 0. The number of aliphatic hydroxyl groups excluding tert-OH is 1. The van der Waals surface area contributed by atoms with E-state index in [-0.39, 0.29) is 18.4 Å². The molecule has 5 aliphatic heterocycles. The van der Waals surface area contributed by atoms with E-state index in [0.717, 1.165) is 66.6 Å². The molecule has 1 unspecified atom stereocenters. The van der Waals surface area contributed by atoms with E-state index in [4.69, 9.17) is 4.74 Å². The number of hydrogen-bond acceptors (Lipinski definition) is 5. The van der Waals surface area contributed by atoms with Crippen LogP contribution in [0.3, 0.4) is 0 Å². The Labute approximate surface area is 223 Å². The molecule has 5 aliphatic rings. The molecule has 1 aromatic heterocycles. The molecule has 38 heavy (non-hydrogen) atoms. The second kappa shape index (κ2) is 11.0. The standard InChI is InChI=1S/C31H34N4O3/c36-17-14-28-24-6-5-22-13-16-34(21-26(22)19-24)31(37)23-7-10-27(11-8-23)38-18-4-2-1-3-15-35-30-12-9-25(28)20-29(30)32-33-35/h5-12,19-20,28,36H,1-4,13-18,21H2. The van der Waals surface area contributed by atoms with Crippen molar-refractivity contribution in [1.82, 2.24) is 19.9 Å². The molecule has 4 aromatic rings. The monoisotopic (exact) mass is 510 g/mol. The Balaban J connectivity index is 1.35. The van der Waals surface area contributed by atoms with Gasteiger partial charge in [-0.1, -0.05) is 35.9 Å². The van der Waals surface area contributed by atoms with Gasteiger partial charge in [0.1, 0.15) is 11.3 Å². The van der Waals surface area contributed by atoms with Crippen LogP contribution < -0.4 is 4.74 Å². The molecule has 0 saturated carbocycles. The molecule has 0 aliphatic carbocycles. The van der Waals surface area contributed by atoms with Gasteiger partial charge in [-0.15, -0.1) is 5.10 Å². The van der Waals surface area contributed by atoms with Crippen molar-refractivity contribution in [2.75, 3.05) is 19.8 Å². The van der Waals surface area contributed by atoms with Crippen LogP contribution in [-0.4, -0.2) is 50.7 Å². The summed E-state index contributed by atoms with van der Waals surface area (Å²) in [5, 5.41) is 18.8. The van der Waals surface area contributed by atoms with E-state index >= 15 is 0 Å². The summed E-state index contributed by atoms with van der Waals surface area (Å²) in [5.41, 5.74) is 7.36. The zero-order valence-corrected chi connectivity index (χ0v) is 21.7. The molecule has 7 nitrogen and oxygen atoms in total. The fraction of sp³-hybridized carbons (Fsp3) is 0.387. The van der Waals surface area contributed by atoms with Gasteiger partial charge in [-0.2, -0.15) is 0 Å². The summed E-state index contributed by atoms with van der Waals surface area (Å²) in [4.78, 5) is 15.3. The van der Waals surface area contributed by atoms with Crippen LogP contribution in [0, 0.1) is 0 Å². The van der Waals surface area contributed by atoms with Crippen molar-refractivity contribution < 1.29 is 14.6 Å². The first-order valence-corrected chi connectivity index (χ1v) is 13.8. The number of hydrogen-bond donors (Lipinski definition) is 1. The molecule has 0 saturated heterocycles. The Morgan fingerprint density at radius 1 is 0.895 bits per heavy atom. The first kappa shape index (κ1) is 24.6. The van der Waals surface area contributed by atoms with Gasteiger partial charge in [0.2, 0.25) is 0 Å². The SMILES string of the molecule is O=C1c2ccc(cc2)OCCCCCCn2nnc3cc(ccc32)C(CCO)c2ccc3c(c2)CN1CC3. The lowest BCUT2D eigenvalue weighted by atomic mass is 9.85. The zero-order valence-electron chi connectivity index (χ0n) is 21.7. The van der Waals surface area contributed by atoms with E-state index in [0.29, 0.717) is 31.7 Å². The smallest absolute Gasteiger partial charge is 0.254 e. The molecule has 1 N–H and O–H groups in total. The minimum absolute atomic E-state index is 0.0417. The molecule has 1 amide bonds. The number of carbonyl (C=O) groups excluding carboxylic acids is 1. The average molecular weight is 511 g/mol. The van der Waals surface area contributed by atoms with Gasteiger partial charge in [0.15, 0.2) is 0 Å². The molecule has 196 valence electrons. The lowest BCUT2D eigenvalue weighted by Crippen LogP contribution is -2.36. The second-order valence-electron chi connectivity index (χ2n) is 10.4. The third kappa shape index (κ3) is 5.03. The minimum Gasteiger partial charge on any atom is -0.494 e. The summed E-state index contributed by atoms with van der Waals surface area (Å²) in [6.07, 6.45) is 5.67. The third-order valence-electron chi connectivity index (χ3n) is 7.92. The van der Waals surface area contributed by atoms with Crippen LogP contribution in [0.25, 0.3) is 11.0 Å². The Morgan fingerprint density at radius 2 is 1.71 bits per heavy atom. The van der Waals surface area contributed by atoms with Crippen LogP contribution in [0.1, 0.15) is 70.6 Å². The maximum atomic E-state index is 13.3. The molecular formula is C31H34N4O3. The van der Waals surface area contributed by atoms with E-state index in [1.54, 1.807) is 0 Å². The van der Waals surface area contributed by atoms with Crippen LogP contribution in [0.2, 0.25) is 0 Å². The molecule has 7 heteroatoms. The molecule has 1 atom stereocenters. The van der Waals surface area contributed by atoms with Gasteiger partial charge in [-0.3, -0.25) is 4.79 Å². The highest BCUT2D eigenvalue weighted by molar-refractivity contribution is 5.94. The molecule has 3 aromatic carbocycles. The van der Waals surface area contributed by atoms with Crippen molar-refractivity contribution in [2.45, 2.75) is 57.5 Å². The van der Waals surface area contributed by atoms with Crippen molar-refractivity contribution in [3.63, 3.8) is 0 Å². The highest BCUT2D eigenvalue weighted by Gasteiger charge is 2.24. The summed E-state index contributed by atoms with van der Waals surface area (Å²) in [7, 11) is 0. The van der Waals surface area contributed by atoms with Gasteiger partial charge in [-0.25, -0.2) is 4.68 Å². The van der Waals surface area contributed by atoms with Crippen LogP contribution in [-0.2, 0) is 19.5 Å². The van der Waals surface area contributed by atoms with E-state index in [9.17, 15) is 9.90 Å². The fourth-order valence-corrected chi connectivity index (χ4v) is 5.78. The van der Waals surface area contributed by atoms with Gasteiger partial charge in [0.05, 0.1) is 12.1 Å². The van der Waals surface area contributed by atoms with Gasteiger partial charge in [0, 0.05) is 37.7 Å². The maximum absolute atomic E-state index is 13.3. The number of amides is 1.